The van der Waals surface area contributed by atoms with Crippen LogP contribution in [0.15, 0.2) is 42.7 Å². The van der Waals surface area contributed by atoms with Crippen LogP contribution < -0.4 is 0 Å². The Balaban J connectivity index is 1.56. The molecule has 1 N–H and O–H groups in total. The lowest BCUT2D eigenvalue weighted by molar-refractivity contribution is -0.130. The summed E-state index contributed by atoms with van der Waals surface area (Å²) < 4.78 is 0. The van der Waals surface area contributed by atoms with Crippen molar-refractivity contribution in [3.63, 3.8) is 0 Å². The monoisotopic (exact) mass is 367 g/mol. The lowest BCUT2D eigenvalue weighted by Gasteiger charge is -2.22. The smallest absolute Gasteiger partial charge is 0.253 e. The average Bonchev–Trinajstić information content (AvgIpc) is 3.02. The van der Waals surface area contributed by atoms with Crippen LogP contribution in [0.25, 0.3) is 0 Å². The molecule has 2 amide bonds. The Kier molecular flexibility index (Phi) is 6.32. The van der Waals surface area contributed by atoms with Gasteiger partial charge in [-0.2, -0.15) is 0 Å². The van der Waals surface area contributed by atoms with Crippen molar-refractivity contribution in [3.05, 3.63) is 59.4 Å². The van der Waals surface area contributed by atoms with Crippen LogP contribution in [0.3, 0.4) is 0 Å². The molecule has 0 atom stereocenters. The molecular weight excluding hydrogens is 338 g/mol. The summed E-state index contributed by atoms with van der Waals surface area (Å²) in [7, 11) is 0. The van der Waals surface area contributed by atoms with Crippen molar-refractivity contribution in [2.24, 2.45) is 5.92 Å². The third-order valence-electron chi connectivity index (χ3n) is 5.00. The number of hydrogen-bond acceptors (Lipinski definition) is 2. The summed E-state index contributed by atoms with van der Waals surface area (Å²) in [5.41, 5.74) is 2.99. The fourth-order valence-electron chi connectivity index (χ4n) is 3.56. The van der Waals surface area contributed by atoms with Gasteiger partial charge < -0.3 is 14.8 Å². The molecule has 0 unspecified atom stereocenters. The summed E-state index contributed by atoms with van der Waals surface area (Å²) in [6.07, 6.45) is 5.94. The molecule has 1 aromatic heterocycles. The minimum atomic E-state index is 0.0611. The lowest BCUT2D eigenvalue weighted by Crippen LogP contribution is -2.37. The first kappa shape index (κ1) is 19.2. The van der Waals surface area contributed by atoms with Crippen molar-refractivity contribution in [3.8, 4) is 0 Å². The Morgan fingerprint density at radius 2 is 1.67 bits per heavy atom. The van der Waals surface area contributed by atoms with E-state index in [9.17, 15) is 9.59 Å². The second-order valence-electron chi connectivity index (χ2n) is 7.72. The molecule has 0 bridgehead atoms. The van der Waals surface area contributed by atoms with Crippen LogP contribution in [0.2, 0.25) is 0 Å². The molecule has 0 saturated carbocycles. The van der Waals surface area contributed by atoms with E-state index in [4.69, 9.17) is 0 Å². The Labute approximate surface area is 161 Å². The topological polar surface area (TPSA) is 56.4 Å². The largest absolute Gasteiger partial charge is 0.367 e. The number of nitrogens with zero attached hydrogens (tertiary/aromatic N) is 2. The number of aromatic amines is 1. The van der Waals surface area contributed by atoms with Crippen LogP contribution in [0.4, 0.5) is 0 Å². The normalized spacial score (nSPS) is 15.1. The highest BCUT2D eigenvalue weighted by Gasteiger charge is 2.23. The quantitative estimate of drug-likeness (QED) is 0.883. The first-order valence-corrected chi connectivity index (χ1v) is 9.80. The van der Waals surface area contributed by atoms with E-state index in [1.165, 1.54) is 5.56 Å². The fourth-order valence-corrected chi connectivity index (χ4v) is 3.56. The van der Waals surface area contributed by atoms with Gasteiger partial charge in [-0.25, -0.2) is 0 Å². The fraction of sp³-hybridized carbons (Fsp3) is 0.455. The average molecular weight is 367 g/mol. The van der Waals surface area contributed by atoms with Crippen LogP contribution in [0, 0.1) is 5.92 Å². The number of carbonyl (C=O) groups is 2. The van der Waals surface area contributed by atoms with Crippen molar-refractivity contribution in [2.45, 2.75) is 33.1 Å². The van der Waals surface area contributed by atoms with Crippen LogP contribution >= 0.6 is 0 Å². The van der Waals surface area contributed by atoms with E-state index in [0.717, 1.165) is 24.0 Å². The summed E-state index contributed by atoms with van der Waals surface area (Å²) in [6, 6.07) is 9.89. The predicted octanol–water partition coefficient (Wildman–Crippen LogP) is 3.13. The van der Waals surface area contributed by atoms with E-state index in [2.05, 4.69) is 31.0 Å². The van der Waals surface area contributed by atoms with E-state index in [1.54, 1.807) is 0 Å². The summed E-state index contributed by atoms with van der Waals surface area (Å²) in [5.74, 6) is 0.792. The number of benzene rings is 1. The molecule has 0 aliphatic carbocycles. The number of amides is 2. The highest BCUT2D eigenvalue weighted by atomic mass is 16.2. The van der Waals surface area contributed by atoms with Gasteiger partial charge in [-0.15, -0.1) is 0 Å². The number of nitrogens with one attached hydrogen (secondary N) is 1. The third kappa shape index (κ3) is 5.22. The Morgan fingerprint density at radius 1 is 0.963 bits per heavy atom. The highest BCUT2D eigenvalue weighted by Crippen LogP contribution is 2.14. The standard InChI is InChI=1S/C22H29N3O2/c1-17(2)14-18-4-6-20(7-5-18)22(27)25-11-3-10-24(12-13-25)21(26)15-19-8-9-23-16-19/h4-9,16-17,23H,3,10-15H2,1-2H3. The molecule has 1 aromatic carbocycles. The molecule has 2 heterocycles. The molecule has 1 aliphatic rings. The summed E-state index contributed by atoms with van der Waals surface area (Å²) in [6.45, 7) is 6.98. The molecule has 1 saturated heterocycles. The minimum Gasteiger partial charge on any atom is -0.367 e. The van der Waals surface area contributed by atoms with Crippen LogP contribution in [-0.2, 0) is 17.6 Å². The van der Waals surface area contributed by atoms with Crippen LogP contribution in [-0.4, -0.2) is 52.8 Å². The van der Waals surface area contributed by atoms with E-state index in [1.807, 2.05) is 40.4 Å². The zero-order valence-electron chi connectivity index (χ0n) is 16.3. The lowest BCUT2D eigenvalue weighted by atomic mass is 10.0. The molecule has 2 aromatic rings. The van der Waals surface area contributed by atoms with Gasteiger partial charge in [0.1, 0.15) is 0 Å². The molecule has 0 radical (unpaired) electrons. The van der Waals surface area contributed by atoms with Gasteiger partial charge in [0.15, 0.2) is 0 Å². The first-order valence-electron chi connectivity index (χ1n) is 9.80. The predicted molar refractivity (Wildman–Crippen MR) is 107 cm³/mol. The number of H-pyrrole nitrogens is 1. The SMILES string of the molecule is CC(C)Cc1ccc(C(=O)N2CCCN(C(=O)Cc3cc[nH]c3)CC2)cc1. The maximum absolute atomic E-state index is 12.8. The van der Waals surface area contributed by atoms with Gasteiger partial charge in [0.25, 0.3) is 5.91 Å². The maximum atomic E-state index is 12.8. The van der Waals surface area contributed by atoms with Gasteiger partial charge in [-0.05, 0) is 48.1 Å². The van der Waals surface area contributed by atoms with Crippen molar-refractivity contribution in [2.75, 3.05) is 26.2 Å². The maximum Gasteiger partial charge on any atom is 0.253 e. The molecule has 1 aliphatic heterocycles. The Hall–Kier alpha value is -2.56. The molecule has 144 valence electrons. The molecule has 3 rings (SSSR count). The first-order chi connectivity index (χ1) is 13.0. The van der Waals surface area contributed by atoms with Crippen molar-refractivity contribution >= 4 is 11.8 Å². The number of rotatable bonds is 5. The van der Waals surface area contributed by atoms with Crippen LogP contribution in [0.5, 0.6) is 0 Å². The summed E-state index contributed by atoms with van der Waals surface area (Å²) in [5, 5.41) is 0. The summed E-state index contributed by atoms with van der Waals surface area (Å²) >= 11 is 0. The zero-order valence-corrected chi connectivity index (χ0v) is 16.3. The van der Waals surface area contributed by atoms with Gasteiger partial charge in [0, 0.05) is 44.1 Å². The van der Waals surface area contributed by atoms with Crippen molar-refractivity contribution in [1.82, 2.24) is 14.8 Å². The number of aromatic nitrogens is 1. The molecule has 0 spiro atoms. The van der Waals surface area contributed by atoms with E-state index >= 15 is 0 Å². The molecule has 5 nitrogen and oxygen atoms in total. The van der Waals surface area contributed by atoms with Gasteiger partial charge in [-0.3, -0.25) is 9.59 Å². The highest BCUT2D eigenvalue weighted by molar-refractivity contribution is 5.94. The second-order valence-corrected chi connectivity index (χ2v) is 7.72. The van der Waals surface area contributed by atoms with Gasteiger partial charge in [0.2, 0.25) is 5.91 Å². The molecule has 1 fully saturated rings. The van der Waals surface area contributed by atoms with Gasteiger partial charge >= 0.3 is 0 Å². The molecular formula is C22H29N3O2. The molecule has 27 heavy (non-hydrogen) atoms. The van der Waals surface area contributed by atoms with Gasteiger partial charge in [0.05, 0.1) is 6.42 Å². The summed E-state index contributed by atoms with van der Waals surface area (Å²) in [4.78, 5) is 32.1. The van der Waals surface area contributed by atoms with Crippen molar-refractivity contribution < 1.29 is 9.59 Å². The molecule has 5 heteroatoms. The van der Waals surface area contributed by atoms with Crippen LogP contribution in [0.1, 0.15) is 41.8 Å². The second kappa shape index (κ2) is 8.89. The third-order valence-corrected chi connectivity index (χ3v) is 5.00. The minimum absolute atomic E-state index is 0.0611. The Morgan fingerprint density at radius 3 is 2.33 bits per heavy atom. The van der Waals surface area contributed by atoms with E-state index < -0.39 is 0 Å². The van der Waals surface area contributed by atoms with Crippen molar-refractivity contribution in [1.29, 1.82) is 0 Å². The number of hydrogen-bond donors (Lipinski definition) is 1. The van der Waals surface area contributed by atoms with E-state index in [-0.39, 0.29) is 11.8 Å². The Bertz CT molecular complexity index is 750. The van der Waals surface area contributed by atoms with Gasteiger partial charge in [-0.1, -0.05) is 26.0 Å². The zero-order chi connectivity index (χ0) is 19.2. The van der Waals surface area contributed by atoms with E-state index in [0.29, 0.717) is 38.5 Å². The number of carbonyl (C=O) groups excluding carboxylic acids is 2.